The van der Waals surface area contributed by atoms with E-state index in [4.69, 9.17) is 4.99 Å². The van der Waals surface area contributed by atoms with Crippen molar-refractivity contribution in [2.75, 3.05) is 6.54 Å². The molecule has 0 amide bonds. The van der Waals surface area contributed by atoms with Crippen molar-refractivity contribution in [3.63, 3.8) is 0 Å². The minimum atomic E-state index is -2.10. The van der Waals surface area contributed by atoms with Crippen molar-refractivity contribution in [1.29, 1.82) is 0 Å². The third kappa shape index (κ3) is 8.93. The molecule has 132 valence electrons. The van der Waals surface area contributed by atoms with Crippen LogP contribution in [-0.4, -0.2) is 31.1 Å². The summed E-state index contributed by atoms with van der Waals surface area (Å²) in [5, 5.41) is 0. The average molecular weight is 416 g/mol. The van der Waals surface area contributed by atoms with Crippen molar-refractivity contribution in [1.82, 2.24) is 0 Å². The molecular weight excluding hydrogens is 373 g/mol. The first-order valence-corrected chi connectivity index (χ1v) is 17.9. The molecule has 0 heterocycles. The Morgan fingerprint density at radius 3 is 1.55 bits per heavy atom. The Kier molecular flexibility index (Phi) is 15.3. The Hall–Kier alpha value is 0.469. The van der Waals surface area contributed by atoms with Crippen molar-refractivity contribution < 1.29 is 0 Å². The molecule has 0 saturated carbocycles. The number of unbranched alkanes of at least 4 members (excludes halogenated alkanes) is 4. The van der Waals surface area contributed by atoms with Gasteiger partial charge in [-0.15, -0.1) is 0 Å². The monoisotopic (exact) mass is 417 g/mol. The third-order valence-corrected chi connectivity index (χ3v) is 22.5. The van der Waals surface area contributed by atoms with Gasteiger partial charge in [0.15, 0.2) is 0 Å². The molecule has 0 aliphatic carbocycles. The van der Waals surface area contributed by atoms with E-state index in [1.165, 1.54) is 57.8 Å². The Balaban J connectivity index is 5.27. The van der Waals surface area contributed by atoms with E-state index in [-0.39, 0.29) is 0 Å². The first-order chi connectivity index (χ1) is 10.7. The van der Waals surface area contributed by atoms with Gasteiger partial charge in [-0.2, -0.15) is 0 Å². The maximum absolute atomic E-state index is 4.74. The predicted molar refractivity (Wildman–Crippen MR) is 107 cm³/mol. The van der Waals surface area contributed by atoms with Crippen LogP contribution in [-0.2, 0) is 0 Å². The number of hydrogen-bond acceptors (Lipinski definition) is 1. The van der Waals surface area contributed by atoms with Crippen LogP contribution in [0.3, 0.4) is 0 Å². The second-order valence-electron chi connectivity index (χ2n) is 7.07. The molecule has 0 fully saturated rings. The third-order valence-electron chi connectivity index (χ3n) is 5.21. The summed E-state index contributed by atoms with van der Waals surface area (Å²) in [5.41, 5.74) is 0. The number of rotatable bonds is 15. The van der Waals surface area contributed by atoms with E-state index in [1.54, 1.807) is 13.3 Å². The molecule has 2 heteroatoms. The summed E-state index contributed by atoms with van der Waals surface area (Å²) in [6.07, 6.45) is 15.2. The van der Waals surface area contributed by atoms with Crippen molar-refractivity contribution in [3.8, 4) is 0 Å². The van der Waals surface area contributed by atoms with E-state index in [2.05, 4.69) is 40.8 Å². The first kappa shape index (κ1) is 22.5. The molecule has 0 spiro atoms. The molecule has 1 atom stereocenters. The summed E-state index contributed by atoms with van der Waals surface area (Å²) >= 11 is -2.10. The summed E-state index contributed by atoms with van der Waals surface area (Å²) in [4.78, 5) is 4.74. The molecule has 1 unspecified atom stereocenters. The van der Waals surface area contributed by atoms with Gasteiger partial charge in [-0.3, -0.25) is 0 Å². The van der Waals surface area contributed by atoms with Gasteiger partial charge in [0.1, 0.15) is 0 Å². The Morgan fingerprint density at radius 2 is 1.18 bits per heavy atom. The zero-order valence-corrected chi connectivity index (χ0v) is 19.1. The van der Waals surface area contributed by atoms with E-state index < -0.39 is 18.4 Å². The van der Waals surface area contributed by atoms with Gasteiger partial charge in [0.25, 0.3) is 0 Å². The Morgan fingerprint density at radius 1 is 0.727 bits per heavy atom. The van der Waals surface area contributed by atoms with Gasteiger partial charge in [-0.1, -0.05) is 0 Å². The molecular formula is C20H43NSn. The molecule has 0 aliphatic rings. The normalized spacial score (nSPS) is 13.9. The summed E-state index contributed by atoms with van der Waals surface area (Å²) in [6, 6.07) is 0. The minimum absolute atomic E-state index is 0.916. The van der Waals surface area contributed by atoms with Gasteiger partial charge < -0.3 is 0 Å². The fourth-order valence-corrected chi connectivity index (χ4v) is 21.6. The van der Waals surface area contributed by atoms with Gasteiger partial charge in [0, 0.05) is 0 Å². The summed E-state index contributed by atoms with van der Waals surface area (Å²) in [7, 11) is 0. The van der Waals surface area contributed by atoms with Gasteiger partial charge >= 0.3 is 146 Å². The number of nitrogens with zero attached hydrogens (tertiary/aromatic N) is 1. The molecule has 0 radical (unpaired) electrons. The van der Waals surface area contributed by atoms with Gasteiger partial charge in [0.05, 0.1) is 0 Å². The van der Waals surface area contributed by atoms with Crippen LogP contribution in [0.1, 0.15) is 92.4 Å². The quantitative estimate of drug-likeness (QED) is 0.194. The summed E-state index contributed by atoms with van der Waals surface area (Å²) in [5.74, 6) is 0. The van der Waals surface area contributed by atoms with Crippen LogP contribution in [0, 0.1) is 0 Å². The fraction of sp³-hybridized carbons (Fsp3) is 0.950. The second kappa shape index (κ2) is 15.0. The number of aliphatic imine (C=N–C) groups is 1. The molecule has 1 nitrogen and oxygen atoms in total. The van der Waals surface area contributed by atoms with Gasteiger partial charge in [-0.25, -0.2) is 0 Å². The fourth-order valence-electron chi connectivity index (χ4n) is 3.71. The molecule has 0 bridgehead atoms. The Bertz CT molecular complexity index is 241. The van der Waals surface area contributed by atoms with Crippen LogP contribution in [0.4, 0.5) is 0 Å². The van der Waals surface area contributed by atoms with Crippen molar-refractivity contribution in [3.05, 3.63) is 0 Å². The molecule has 0 aromatic heterocycles. The van der Waals surface area contributed by atoms with Crippen LogP contribution >= 0.6 is 0 Å². The molecule has 0 aromatic rings. The number of hydrogen-bond donors (Lipinski definition) is 0. The van der Waals surface area contributed by atoms with E-state index in [9.17, 15) is 0 Å². The van der Waals surface area contributed by atoms with E-state index >= 15 is 0 Å². The maximum atomic E-state index is 4.74. The molecule has 0 rings (SSSR count). The van der Waals surface area contributed by atoms with E-state index in [1.807, 2.05) is 0 Å². The average Bonchev–Trinajstić information content (AvgIpc) is 2.55. The molecule has 0 saturated heterocycles. The standard InChI is InChI=1S/C8H16N.3C4H9.Sn/c1-3-5-6-7-8-9-4-2;3*1-3-4-2;/h7-8H,3-6H2,1-2H3;3*1,3-4H2,2H3;. The molecule has 22 heavy (non-hydrogen) atoms. The van der Waals surface area contributed by atoms with Crippen LogP contribution in [0.2, 0.25) is 17.2 Å². The van der Waals surface area contributed by atoms with Crippen LogP contribution < -0.4 is 0 Å². The SMILES string of the molecule is CCCC[CH](C=NCC)[Sn]([CH2]CCC)([CH2]CCC)[CH2]CCC. The van der Waals surface area contributed by atoms with Gasteiger partial charge in [0.2, 0.25) is 0 Å². The van der Waals surface area contributed by atoms with Crippen LogP contribution in [0.15, 0.2) is 4.99 Å². The van der Waals surface area contributed by atoms with Crippen molar-refractivity contribution in [2.24, 2.45) is 4.99 Å². The zero-order chi connectivity index (χ0) is 16.7. The summed E-state index contributed by atoms with van der Waals surface area (Å²) in [6.45, 7) is 12.6. The molecule has 0 N–H and O–H groups in total. The molecule has 0 aromatic carbocycles. The first-order valence-electron chi connectivity index (χ1n) is 10.2. The molecule has 0 aliphatic heterocycles. The second-order valence-corrected chi connectivity index (χ2v) is 21.2. The van der Waals surface area contributed by atoms with Gasteiger partial charge in [-0.05, 0) is 0 Å². The zero-order valence-electron chi connectivity index (χ0n) is 16.3. The van der Waals surface area contributed by atoms with E-state index in [0.29, 0.717) is 0 Å². The predicted octanol–water partition coefficient (Wildman–Crippen LogP) is 7.49. The van der Waals surface area contributed by atoms with Crippen LogP contribution in [0.25, 0.3) is 0 Å². The summed E-state index contributed by atoms with van der Waals surface area (Å²) < 4.78 is 5.78. The van der Waals surface area contributed by atoms with Crippen molar-refractivity contribution >= 4 is 24.6 Å². The topological polar surface area (TPSA) is 12.4 Å². The van der Waals surface area contributed by atoms with E-state index in [0.717, 1.165) is 10.5 Å². The Labute approximate surface area is 145 Å². The van der Waals surface area contributed by atoms with Crippen molar-refractivity contribution in [2.45, 2.75) is 110 Å². The van der Waals surface area contributed by atoms with Crippen LogP contribution in [0.5, 0.6) is 0 Å².